The van der Waals surface area contributed by atoms with Gasteiger partial charge in [0.1, 0.15) is 17.2 Å². The van der Waals surface area contributed by atoms with Gasteiger partial charge in [0.05, 0.1) is 11.4 Å². The number of primary amides is 1. The second-order valence-electron chi connectivity index (χ2n) is 5.23. The molecular formula is C17H15N3O3. The third-order valence-corrected chi connectivity index (χ3v) is 3.50. The summed E-state index contributed by atoms with van der Waals surface area (Å²) < 4.78 is 1.43. The number of amides is 1. The van der Waals surface area contributed by atoms with Crippen molar-refractivity contribution in [1.29, 1.82) is 0 Å². The number of carbonyl (C=O) groups is 1. The van der Waals surface area contributed by atoms with Crippen LogP contribution in [-0.4, -0.2) is 25.9 Å². The summed E-state index contributed by atoms with van der Waals surface area (Å²) in [7, 11) is 0. The van der Waals surface area contributed by atoms with E-state index in [-0.39, 0.29) is 17.2 Å². The number of aromatic nitrogens is 2. The van der Waals surface area contributed by atoms with Crippen LogP contribution in [0.1, 0.15) is 16.1 Å². The minimum absolute atomic E-state index is 0.0562. The highest BCUT2D eigenvalue weighted by molar-refractivity contribution is 5.93. The largest absolute Gasteiger partial charge is 0.508 e. The van der Waals surface area contributed by atoms with E-state index >= 15 is 0 Å². The molecule has 116 valence electrons. The molecule has 2 aromatic carbocycles. The van der Waals surface area contributed by atoms with Crippen molar-refractivity contribution < 1.29 is 15.0 Å². The van der Waals surface area contributed by atoms with Gasteiger partial charge in [-0.2, -0.15) is 5.10 Å². The zero-order chi connectivity index (χ0) is 16.6. The molecule has 1 aromatic heterocycles. The Labute approximate surface area is 132 Å². The molecule has 0 radical (unpaired) electrons. The van der Waals surface area contributed by atoms with Crippen molar-refractivity contribution in [3.8, 4) is 28.4 Å². The van der Waals surface area contributed by atoms with E-state index in [1.54, 1.807) is 0 Å². The van der Waals surface area contributed by atoms with Crippen LogP contribution in [0, 0.1) is 6.92 Å². The quantitative estimate of drug-likeness (QED) is 0.691. The van der Waals surface area contributed by atoms with Gasteiger partial charge in [0.15, 0.2) is 0 Å². The number of hydrogen-bond donors (Lipinski definition) is 3. The topological polar surface area (TPSA) is 101 Å². The van der Waals surface area contributed by atoms with Crippen LogP contribution in [0.5, 0.6) is 11.5 Å². The first kappa shape index (κ1) is 14.6. The number of nitrogens with zero attached hydrogens (tertiary/aromatic N) is 2. The number of phenols is 2. The molecule has 0 atom stereocenters. The number of aryl methyl sites for hydroxylation is 1. The average Bonchev–Trinajstić information content (AvgIpc) is 2.93. The first-order valence-corrected chi connectivity index (χ1v) is 6.95. The zero-order valence-electron chi connectivity index (χ0n) is 12.4. The molecule has 1 amide bonds. The molecule has 0 saturated heterocycles. The van der Waals surface area contributed by atoms with E-state index in [0.29, 0.717) is 16.9 Å². The molecule has 0 spiro atoms. The van der Waals surface area contributed by atoms with E-state index in [0.717, 1.165) is 5.56 Å². The van der Waals surface area contributed by atoms with E-state index in [9.17, 15) is 15.0 Å². The minimum Gasteiger partial charge on any atom is -0.508 e. The van der Waals surface area contributed by atoms with E-state index in [1.165, 1.54) is 28.9 Å². The zero-order valence-corrected chi connectivity index (χ0v) is 12.4. The first-order chi connectivity index (χ1) is 11.0. The summed E-state index contributed by atoms with van der Waals surface area (Å²) in [6.45, 7) is 1.96. The first-order valence-electron chi connectivity index (χ1n) is 6.95. The van der Waals surface area contributed by atoms with Crippen molar-refractivity contribution in [2.75, 3.05) is 0 Å². The van der Waals surface area contributed by atoms with E-state index < -0.39 is 5.91 Å². The molecule has 0 aliphatic rings. The molecule has 0 fully saturated rings. The summed E-state index contributed by atoms with van der Waals surface area (Å²) in [5.41, 5.74) is 8.19. The summed E-state index contributed by atoms with van der Waals surface area (Å²) in [4.78, 5) is 11.7. The molecule has 0 saturated carbocycles. The van der Waals surface area contributed by atoms with E-state index in [4.69, 9.17) is 5.73 Å². The Morgan fingerprint density at radius 1 is 1.09 bits per heavy atom. The van der Waals surface area contributed by atoms with Gasteiger partial charge in [-0.25, -0.2) is 4.68 Å². The standard InChI is InChI=1S/C17H15N3O3/c1-10-2-4-11(5-3-10)20-15(17(18)23)9-14(19-20)13-7-6-12(21)8-16(13)22/h2-9,21-22H,1H3,(H2,18,23). The van der Waals surface area contributed by atoms with Gasteiger partial charge < -0.3 is 15.9 Å². The normalized spacial score (nSPS) is 10.7. The van der Waals surface area contributed by atoms with Crippen molar-refractivity contribution >= 4 is 5.91 Å². The fourth-order valence-electron chi connectivity index (χ4n) is 2.31. The second kappa shape index (κ2) is 5.49. The summed E-state index contributed by atoms with van der Waals surface area (Å²) in [6.07, 6.45) is 0. The van der Waals surface area contributed by atoms with Crippen molar-refractivity contribution in [3.05, 3.63) is 59.8 Å². The SMILES string of the molecule is Cc1ccc(-n2nc(-c3ccc(O)cc3O)cc2C(N)=O)cc1. The Hall–Kier alpha value is -3.28. The molecule has 0 aliphatic carbocycles. The molecule has 3 aromatic rings. The highest BCUT2D eigenvalue weighted by atomic mass is 16.3. The van der Waals surface area contributed by atoms with Gasteiger partial charge in [-0.15, -0.1) is 0 Å². The molecule has 4 N–H and O–H groups in total. The number of benzene rings is 2. The summed E-state index contributed by atoms with van der Waals surface area (Å²) in [5.74, 6) is -0.809. The van der Waals surface area contributed by atoms with Crippen LogP contribution < -0.4 is 5.73 Å². The van der Waals surface area contributed by atoms with E-state index in [1.807, 2.05) is 31.2 Å². The van der Waals surface area contributed by atoms with Crippen LogP contribution in [0.2, 0.25) is 0 Å². The maximum Gasteiger partial charge on any atom is 0.267 e. The Balaban J connectivity index is 2.16. The van der Waals surface area contributed by atoms with Gasteiger partial charge in [0.25, 0.3) is 5.91 Å². The fourth-order valence-corrected chi connectivity index (χ4v) is 2.31. The Morgan fingerprint density at radius 3 is 2.39 bits per heavy atom. The molecule has 1 heterocycles. The summed E-state index contributed by atoms with van der Waals surface area (Å²) in [5, 5.41) is 23.7. The lowest BCUT2D eigenvalue weighted by Gasteiger charge is -2.05. The lowest BCUT2D eigenvalue weighted by atomic mass is 10.1. The van der Waals surface area contributed by atoms with Crippen LogP contribution in [0.4, 0.5) is 0 Å². The van der Waals surface area contributed by atoms with Crippen LogP contribution in [-0.2, 0) is 0 Å². The summed E-state index contributed by atoms with van der Waals surface area (Å²) in [6, 6.07) is 13.1. The number of phenolic OH excluding ortho intramolecular Hbond substituents is 2. The van der Waals surface area contributed by atoms with Gasteiger partial charge in [0, 0.05) is 11.6 Å². The van der Waals surface area contributed by atoms with Gasteiger partial charge >= 0.3 is 0 Å². The molecule has 6 heteroatoms. The van der Waals surface area contributed by atoms with Crippen LogP contribution in [0.25, 0.3) is 16.9 Å². The van der Waals surface area contributed by atoms with Crippen molar-refractivity contribution in [2.24, 2.45) is 5.73 Å². The van der Waals surface area contributed by atoms with Crippen molar-refractivity contribution in [2.45, 2.75) is 6.92 Å². The summed E-state index contributed by atoms with van der Waals surface area (Å²) >= 11 is 0. The smallest absolute Gasteiger partial charge is 0.267 e. The number of rotatable bonds is 3. The van der Waals surface area contributed by atoms with Crippen LogP contribution in [0.15, 0.2) is 48.5 Å². The second-order valence-corrected chi connectivity index (χ2v) is 5.23. The van der Waals surface area contributed by atoms with Crippen LogP contribution in [0.3, 0.4) is 0 Å². The highest BCUT2D eigenvalue weighted by Crippen LogP contribution is 2.32. The molecule has 3 rings (SSSR count). The number of carbonyl (C=O) groups excluding carboxylic acids is 1. The predicted octanol–water partition coefficient (Wildman–Crippen LogP) is 2.36. The predicted molar refractivity (Wildman–Crippen MR) is 85.6 cm³/mol. The minimum atomic E-state index is -0.623. The van der Waals surface area contributed by atoms with Gasteiger partial charge in [-0.1, -0.05) is 17.7 Å². The Kier molecular flexibility index (Phi) is 3.50. The molecule has 6 nitrogen and oxygen atoms in total. The van der Waals surface area contributed by atoms with Crippen molar-refractivity contribution in [3.63, 3.8) is 0 Å². The van der Waals surface area contributed by atoms with Crippen molar-refractivity contribution in [1.82, 2.24) is 9.78 Å². The van der Waals surface area contributed by atoms with Crippen LogP contribution >= 0.6 is 0 Å². The molecule has 0 aliphatic heterocycles. The maximum absolute atomic E-state index is 11.7. The number of aromatic hydroxyl groups is 2. The molecule has 23 heavy (non-hydrogen) atoms. The third-order valence-electron chi connectivity index (χ3n) is 3.50. The lowest BCUT2D eigenvalue weighted by Crippen LogP contribution is -2.16. The molecular weight excluding hydrogens is 294 g/mol. The highest BCUT2D eigenvalue weighted by Gasteiger charge is 2.17. The molecule has 0 bridgehead atoms. The lowest BCUT2D eigenvalue weighted by molar-refractivity contribution is 0.0993. The monoisotopic (exact) mass is 309 g/mol. The van der Waals surface area contributed by atoms with Gasteiger partial charge in [-0.3, -0.25) is 4.79 Å². The fraction of sp³-hybridized carbons (Fsp3) is 0.0588. The Morgan fingerprint density at radius 2 is 1.78 bits per heavy atom. The number of hydrogen-bond acceptors (Lipinski definition) is 4. The third kappa shape index (κ3) is 2.74. The van der Waals surface area contributed by atoms with E-state index in [2.05, 4.69) is 5.10 Å². The number of nitrogens with two attached hydrogens (primary N) is 1. The maximum atomic E-state index is 11.7. The molecule has 0 unspecified atom stereocenters. The Bertz CT molecular complexity index is 883. The van der Waals surface area contributed by atoms with Gasteiger partial charge in [-0.05, 0) is 37.3 Å². The average molecular weight is 309 g/mol. The van der Waals surface area contributed by atoms with Gasteiger partial charge in [0.2, 0.25) is 0 Å².